The van der Waals surface area contributed by atoms with Crippen LogP contribution in [0.15, 0.2) is 18.2 Å². The number of rotatable bonds is 10. The third-order valence-electron chi connectivity index (χ3n) is 3.99. The summed E-state index contributed by atoms with van der Waals surface area (Å²) >= 11 is 0. The summed E-state index contributed by atoms with van der Waals surface area (Å²) in [6.45, 7) is 5.51. The highest BCUT2D eigenvalue weighted by Crippen LogP contribution is 2.30. The van der Waals surface area contributed by atoms with Crippen molar-refractivity contribution in [3.05, 3.63) is 23.8 Å². The van der Waals surface area contributed by atoms with Crippen molar-refractivity contribution in [1.29, 1.82) is 0 Å². The van der Waals surface area contributed by atoms with E-state index in [4.69, 9.17) is 14.6 Å². The van der Waals surface area contributed by atoms with Crippen molar-refractivity contribution in [3.63, 3.8) is 0 Å². The van der Waals surface area contributed by atoms with Gasteiger partial charge in [0.1, 0.15) is 0 Å². The van der Waals surface area contributed by atoms with Gasteiger partial charge in [-0.2, -0.15) is 0 Å². The standard InChI is InChI=1S/C17H29NO3/c1-5-13(9-10-19)12-18-15(6-2)14-7-8-16(20-3)17(11-14)21-4/h7-8,11,13,15,18-19H,5-6,9-10,12H2,1-4H3. The van der Waals surface area contributed by atoms with Crippen molar-refractivity contribution in [2.75, 3.05) is 27.4 Å². The molecule has 1 aromatic rings. The number of aliphatic hydroxyl groups excluding tert-OH is 1. The third-order valence-corrected chi connectivity index (χ3v) is 3.99. The van der Waals surface area contributed by atoms with Crippen molar-refractivity contribution in [1.82, 2.24) is 5.32 Å². The molecule has 2 N–H and O–H groups in total. The van der Waals surface area contributed by atoms with Crippen LogP contribution in [0.1, 0.15) is 44.7 Å². The van der Waals surface area contributed by atoms with Crippen LogP contribution in [-0.2, 0) is 0 Å². The Kier molecular flexibility index (Phi) is 8.16. The number of benzene rings is 1. The molecule has 1 aromatic carbocycles. The predicted octanol–water partition coefficient (Wildman–Crippen LogP) is 3.15. The summed E-state index contributed by atoms with van der Waals surface area (Å²) in [5.41, 5.74) is 1.20. The lowest BCUT2D eigenvalue weighted by atomic mass is 9.99. The number of hydrogen-bond donors (Lipinski definition) is 2. The van der Waals surface area contributed by atoms with E-state index >= 15 is 0 Å². The smallest absolute Gasteiger partial charge is 0.161 e. The highest BCUT2D eigenvalue weighted by atomic mass is 16.5. The molecule has 4 heteroatoms. The van der Waals surface area contributed by atoms with Gasteiger partial charge in [-0.25, -0.2) is 0 Å². The Morgan fingerprint density at radius 1 is 1.10 bits per heavy atom. The molecule has 0 radical (unpaired) electrons. The Bertz CT molecular complexity index is 409. The van der Waals surface area contributed by atoms with E-state index in [1.165, 1.54) is 5.56 Å². The fraction of sp³-hybridized carbons (Fsp3) is 0.647. The molecule has 0 saturated heterocycles. The molecule has 0 aliphatic carbocycles. The Labute approximate surface area is 128 Å². The molecule has 120 valence electrons. The topological polar surface area (TPSA) is 50.7 Å². The Morgan fingerprint density at radius 3 is 2.33 bits per heavy atom. The molecule has 0 aromatic heterocycles. The summed E-state index contributed by atoms with van der Waals surface area (Å²) in [4.78, 5) is 0. The first-order valence-corrected chi connectivity index (χ1v) is 7.76. The van der Waals surface area contributed by atoms with E-state index in [0.29, 0.717) is 5.92 Å². The van der Waals surface area contributed by atoms with E-state index < -0.39 is 0 Å². The minimum absolute atomic E-state index is 0.257. The van der Waals surface area contributed by atoms with Gasteiger partial charge in [-0.05, 0) is 43.0 Å². The van der Waals surface area contributed by atoms with Gasteiger partial charge in [0, 0.05) is 12.6 Å². The normalized spacial score (nSPS) is 13.8. The lowest BCUT2D eigenvalue weighted by molar-refractivity contribution is 0.248. The van der Waals surface area contributed by atoms with Crippen molar-refractivity contribution in [2.45, 2.75) is 39.2 Å². The molecule has 0 heterocycles. The predicted molar refractivity (Wildman–Crippen MR) is 86.1 cm³/mol. The minimum Gasteiger partial charge on any atom is -0.493 e. The summed E-state index contributed by atoms with van der Waals surface area (Å²) in [6, 6.07) is 6.35. The first-order valence-electron chi connectivity index (χ1n) is 7.76. The van der Waals surface area contributed by atoms with Crippen LogP contribution < -0.4 is 14.8 Å². The molecule has 21 heavy (non-hydrogen) atoms. The lowest BCUT2D eigenvalue weighted by Crippen LogP contribution is -2.27. The van der Waals surface area contributed by atoms with Crippen LogP contribution in [0.3, 0.4) is 0 Å². The molecular weight excluding hydrogens is 266 g/mol. The molecule has 2 unspecified atom stereocenters. The fourth-order valence-electron chi connectivity index (χ4n) is 2.51. The first-order chi connectivity index (χ1) is 10.2. The Hall–Kier alpha value is -1.26. The number of methoxy groups -OCH3 is 2. The molecule has 0 aliphatic rings. The molecule has 4 nitrogen and oxygen atoms in total. The maximum atomic E-state index is 9.08. The van der Waals surface area contributed by atoms with Crippen LogP contribution in [0, 0.1) is 5.92 Å². The zero-order valence-corrected chi connectivity index (χ0v) is 13.7. The molecule has 0 spiro atoms. The summed E-state index contributed by atoms with van der Waals surface area (Å²) in [7, 11) is 3.30. The molecule has 0 saturated carbocycles. The second-order valence-electron chi connectivity index (χ2n) is 5.27. The molecule has 2 atom stereocenters. The molecule has 1 rings (SSSR count). The summed E-state index contributed by atoms with van der Waals surface area (Å²) in [6.07, 6.45) is 2.94. The number of hydrogen-bond acceptors (Lipinski definition) is 4. The number of nitrogens with one attached hydrogen (secondary N) is 1. The van der Waals surface area contributed by atoms with Crippen LogP contribution in [0.4, 0.5) is 0 Å². The largest absolute Gasteiger partial charge is 0.493 e. The molecular formula is C17H29NO3. The van der Waals surface area contributed by atoms with Crippen molar-refractivity contribution < 1.29 is 14.6 Å². The molecule has 0 amide bonds. The van der Waals surface area contributed by atoms with Gasteiger partial charge in [0.05, 0.1) is 14.2 Å². The van der Waals surface area contributed by atoms with Gasteiger partial charge in [0.15, 0.2) is 11.5 Å². The Balaban J connectivity index is 2.75. The second-order valence-corrected chi connectivity index (χ2v) is 5.27. The van der Waals surface area contributed by atoms with E-state index in [-0.39, 0.29) is 12.6 Å². The highest BCUT2D eigenvalue weighted by molar-refractivity contribution is 5.43. The SMILES string of the molecule is CCC(CCO)CNC(CC)c1ccc(OC)c(OC)c1. The van der Waals surface area contributed by atoms with Crippen LogP contribution in [0.2, 0.25) is 0 Å². The number of ether oxygens (including phenoxy) is 2. The van der Waals surface area contributed by atoms with Crippen molar-refractivity contribution >= 4 is 0 Å². The quantitative estimate of drug-likeness (QED) is 0.696. The summed E-state index contributed by atoms with van der Waals surface area (Å²) in [5.74, 6) is 2.03. The first kappa shape index (κ1) is 17.8. The number of aliphatic hydroxyl groups is 1. The van der Waals surface area contributed by atoms with Gasteiger partial charge < -0.3 is 19.9 Å². The van der Waals surface area contributed by atoms with Gasteiger partial charge in [-0.3, -0.25) is 0 Å². The van der Waals surface area contributed by atoms with Crippen LogP contribution >= 0.6 is 0 Å². The molecule has 0 bridgehead atoms. The lowest BCUT2D eigenvalue weighted by Gasteiger charge is -2.22. The van der Waals surface area contributed by atoms with E-state index in [0.717, 1.165) is 37.3 Å². The van der Waals surface area contributed by atoms with Crippen LogP contribution in [0.25, 0.3) is 0 Å². The van der Waals surface area contributed by atoms with Gasteiger partial charge >= 0.3 is 0 Å². The average Bonchev–Trinajstić information content (AvgIpc) is 2.53. The highest BCUT2D eigenvalue weighted by Gasteiger charge is 2.14. The van der Waals surface area contributed by atoms with Crippen molar-refractivity contribution in [2.24, 2.45) is 5.92 Å². The summed E-state index contributed by atoms with van der Waals surface area (Å²) < 4.78 is 10.6. The van der Waals surface area contributed by atoms with Gasteiger partial charge in [-0.1, -0.05) is 26.3 Å². The monoisotopic (exact) mass is 295 g/mol. The van der Waals surface area contributed by atoms with Gasteiger partial charge in [0.2, 0.25) is 0 Å². The van der Waals surface area contributed by atoms with Gasteiger partial charge in [0.25, 0.3) is 0 Å². The maximum Gasteiger partial charge on any atom is 0.161 e. The fourth-order valence-corrected chi connectivity index (χ4v) is 2.51. The summed E-state index contributed by atoms with van der Waals surface area (Å²) in [5, 5.41) is 12.7. The average molecular weight is 295 g/mol. The zero-order valence-electron chi connectivity index (χ0n) is 13.7. The minimum atomic E-state index is 0.257. The second kappa shape index (κ2) is 9.64. The zero-order chi connectivity index (χ0) is 15.7. The van der Waals surface area contributed by atoms with E-state index in [2.05, 4.69) is 25.2 Å². The van der Waals surface area contributed by atoms with Crippen LogP contribution in [0.5, 0.6) is 11.5 Å². The van der Waals surface area contributed by atoms with Crippen LogP contribution in [-0.4, -0.2) is 32.5 Å². The third kappa shape index (κ3) is 5.21. The Morgan fingerprint density at radius 2 is 1.81 bits per heavy atom. The maximum absolute atomic E-state index is 9.08. The van der Waals surface area contributed by atoms with E-state index in [1.54, 1.807) is 14.2 Å². The van der Waals surface area contributed by atoms with Gasteiger partial charge in [-0.15, -0.1) is 0 Å². The molecule has 0 aliphatic heterocycles. The molecule has 0 fully saturated rings. The van der Waals surface area contributed by atoms with E-state index in [1.807, 2.05) is 12.1 Å². The van der Waals surface area contributed by atoms with E-state index in [9.17, 15) is 0 Å². The van der Waals surface area contributed by atoms with Crippen molar-refractivity contribution in [3.8, 4) is 11.5 Å².